The number of rotatable bonds is 6. The van der Waals surface area contributed by atoms with Crippen LogP contribution in [0.15, 0.2) is 18.2 Å². The Bertz CT molecular complexity index is 710. The monoisotopic (exact) mass is 416 g/mol. The Hall–Kier alpha value is -1.06. The summed E-state index contributed by atoms with van der Waals surface area (Å²) in [7, 11) is 1.52. The van der Waals surface area contributed by atoms with Gasteiger partial charge in [-0.25, -0.2) is 0 Å². The van der Waals surface area contributed by atoms with Crippen LogP contribution < -0.4 is 39.6 Å². The summed E-state index contributed by atoms with van der Waals surface area (Å²) in [6, 6.07) is 5.26. The van der Waals surface area contributed by atoms with E-state index in [1.165, 1.54) is 26.4 Å². The van der Waals surface area contributed by atoms with Gasteiger partial charge in [-0.15, -0.1) is 6.54 Å². The summed E-state index contributed by atoms with van der Waals surface area (Å²) >= 11 is 0.983. The van der Waals surface area contributed by atoms with E-state index in [-0.39, 0.29) is 52.1 Å². The second-order valence-electron chi connectivity index (χ2n) is 6.77. The maximum absolute atomic E-state index is 12.6. The molecule has 0 aromatic heterocycles. The van der Waals surface area contributed by atoms with E-state index in [1.54, 1.807) is 12.1 Å². The molecule has 3 rings (SSSR count). The van der Waals surface area contributed by atoms with Crippen molar-refractivity contribution in [2.75, 3.05) is 13.7 Å². The quantitative estimate of drug-likeness (QED) is 0.648. The molecule has 1 atom stereocenters. The zero-order valence-electron chi connectivity index (χ0n) is 16.3. The number of hydrogen-bond acceptors (Lipinski definition) is 5. The van der Waals surface area contributed by atoms with E-state index in [2.05, 4.69) is 10.6 Å². The first kappa shape index (κ1) is 25.0. The molecule has 1 aromatic rings. The van der Waals surface area contributed by atoms with Crippen molar-refractivity contribution in [3.05, 3.63) is 34.6 Å². The zero-order valence-corrected chi connectivity index (χ0v) is 19.1. The van der Waals surface area contributed by atoms with E-state index in [9.17, 15) is 14.4 Å². The summed E-state index contributed by atoms with van der Waals surface area (Å²) in [6.07, 6.45) is 6.36. The molecular formula is C19H25N2NaO5S. The Balaban J connectivity index is 0.00000196. The Labute approximate surface area is 191 Å². The fraction of sp³-hybridized carbons (Fsp3) is 0.526. The predicted octanol–water partition coefficient (Wildman–Crippen LogP) is -0.137. The minimum atomic E-state index is -0.460. The summed E-state index contributed by atoms with van der Waals surface area (Å²) in [5.41, 5.74) is 1.22. The van der Waals surface area contributed by atoms with Gasteiger partial charge in [0.05, 0.1) is 18.3 Å². The average molecular weight is 416 g/mol. The van der Waals surface area contributed by atoms with Crippen LogP contribution in [-0.2, 0) is 11.2 Å². The molecule has 1 aliphatic heterocycles. The maximum Gasteiger partial charge on any atom is 1.00 e. The van der Waals surface area contributed by atoms with Gasteiger partial charge in [0, 0.05) is 5.56 Å². The number of nitrogens with one attached hydrogen (secondary N) is 1. The van der Waals surface area contributed by atoms with E-state index < -0.39 is 5.25 Å². The van der Waals surface area contributed by atoms with Crippen molar-refractivity contribution >= 4 is 28.8 Å². The van der Waals surface area contributed by atoms with Crippen LogP contribution in [0.25, 0.3) is 5.32 Å². The molecular weight excluding hydrogens is 391 g/mol. The molecule has 0 radical (unpaired) electrons. The minimum Gasteiger partial charge on any atom is -0.649 e. The molecule has 3 N–H and O–H groups in total. The third-order valence-corrected chi connectivity index (χ3v) is 5.88. The molecule has 28 heavy (non-hydrogen) atoms. The summed E-state index contributed by atoms with van der Waals surface area (Å²) in [5, 5.41) is 5.76. The van der Waals surface area contributed by atoms with Crippen molar-refractivity contribution in [2.45, 2.75) is 43.8 Å². The predicted molar refractivity (Wildman–Crippen MR) is 104 cm³/mol. The molecule has 148 valence electrons. The topological polar surface area (TPSA) is 118 Å². The van der Waals surface area contributed by atoms with E-state index in [0.717, 1.165) is 30.2 Å². The van der Waals surface area contributed by atoms with Gasteiger partial charge in [-0.2, -0.15) is 0 Å². The standard InChI is InChI=1S/C19H24N2O4S.Na.H2O/c1-25-15-8-7-13(10-16-18(23)21-19(24)26-16)9-14(15)17(22)20-11-12-5-3-2-4-6-12;;/h7-9,12,16H,2-6,10-11H2,1H3,(H2,20,21,22,23,24);;1H2/q;+1;/p-1. The van der Waals surface area contributed by atoms with Crippen molar-refractivity contribution in [1.82, 2.24) is 5.32 Å². The third-order valence-electron chi connectivity index (χ3n) is 4.90. The van der Waals surface area contributed by atoms with Crippen LogP contribution in [0.1, 0.15) is 48.0 Å². The van der Waals surface area contributed by atoms with Crippen LogP contribution in [0, 0.1) is 5.92 Å². The minimum absolute atomic E-state index is 0. The number of amides is 3. The van der Waals surface area contributed by atoms with Gasteiger partial charge in [-0.05, 0) is 24.1 Å². The second kappa shape index (κ2) is 11.8. The summed E-state index contributed by atoms with van der Waals surface area (Å²) in [6.45, 7) is 0.557. The van der Waals surface area contributed by atoms with Gasteiger partial charge in [0.2, 0.25) is 5.91 Å². The number of carbonyl (C=O) groups excluding carboxylic acids is 3. The Morgan fingerprint density at radius 2 is 1.96 bits per heavy atom. The van der Waals surface area contributed by atoms with Crippen LogP contribution in [0.2, 0.25) is 0 Å². The molecule has 0 bridgehead atoms. The summed E-state index contributed by atoms with van der Waals surface area (Å²) in [4.78, 5) is 35.6. The molecule has 2 fully saturated rings. The number of methoxy groups -OCH3 is 1. The van der Waals surface area contributed by atoms with Crippen molar-refractivity contribution < 1.29 is 54.2 Å². The maximum atomic E-state index is 12.6. The molecule has 1 saturated heterocycles. The fourth-order valence-electron chi connectivity index (χ4n) is 3.46. The van der Waals surface area contributed by atoms with Crippen molar-refractivity contribution in [1.29, 1.82) is 0 Å². The van der Waals surface area contributed by atoms with Crippen LogP contribution in [0.3, 0.4) is 0 Å². The molecule has 9 heteroatoms. The van der Waals surface area contributed by atoms with E-state index in [0.29, 0.717) is 30.2 Å². The van der Waals surface area contributed by atoms with Gasteiger partial charge >= 0.3 is 29.6 Å². The number of carbonyl (C=O) groups is 3. The van der Waals surface area contributed by atoms with Crippen molar-refractivity contribution in [3.8, 4) is 5.75 Å². The number of thioether (sulfide) groups is 1. The third kappa shape index (κ3) is 6.49. The first-order valence-electron chi connectivity index (χ1n) is 8.97. The van der Waals surface area contributed by atoms with Crippen molar-refractivity contribution in [2.24, 2.45) is 5.92 Å². The number of ether oxygens (including phenoxy) is 1. The number of imide groups is 1. The Kier molecular flexibility index (Phi) is 10.5. The molecule has 1 aromatic carbocycles. The molecule has 1 heterocycles. The van der Waals surface area contributed by atoms with Crippen molar-refractivity contribution in [3.63, 3.8) is 0 Å². The van der Waals surface area contributed by atoms with Crippen LogP contribution >= 0.6 is 11.8 Å². The largest absolute Gasteiger partial charge is 1.00 e. The van der Waals surface area contributed by atoms with Crippen LogP contribution in [0.4, 0.5) is 4.79 Å². The summed E-state index contributed by atoms with van der Waals surface area (Å²) < 4.78 is 5.30. The summed E-state index contributed by atoms with van der Waals surface area (Å²) in [5.74, 6) is 0.400. The smallest absolute Gasteiger partial charge is 0.649 e. The molecule has 1 aliphatic carbocycles. The van der Waals surface area contributed by atoms with Crippen LogP contribution in [0.5, 0.6) is 5.75 Å². The molecule has 0 spiro atoms. The second-order valence-corrected chi connectivity index (χ2v) is 7.95. The van der Waals surface area contributed by atoms with E-state index in [4.69, 9.17) is 4.74 Å². The van der Waals surface area contributed by atoms with Gasteiger partial charge in [0.25, 0.3) is 5.24 Å². The molecule has 1 saturated carbocycles. The molecule has 7 nitrogen and oxygen atoms in total. The SMILES string of the molecule is COc1ccc(CC2SC(=O)NC2=O)cc1C(=O)[N-]CC1CCCCC1.O.[Na+]. The zero-order chi connectivity index (χ0) is 18.5. The van der Waals surface area contributed by atoms with E-state index >= 15 is 0 Å². The first-order valence-corrected chi connectivity index (χ1v) is 9.85. The Morgan fingerprint density at radius 1 is 1.25 bits per heavy atom. The molecule has 1 unspecified atom stereocenters. The van der Waals surface area contributed by atoms with Crippen LogP contribution in [-0.4, -0.2) is 41.4 Å². The fourth-order valence-corrected chi connectivity index (χ4v) is 4.32. The van der Waals surface area contributed by atoms with E-state index in [1.807, 2.05) is 6.07 Å². The van der Waals surface area contributed by atoms with Gasteiger partial charge in [0.1, 0.15) is 5.75 Å². The number of nitrogens with zero attached hydrogens (tertiary/aromatic N) is 1. The normalized spacial score (nSPS) is 19.2. The van der Waals surface area contributed by atoms with Gasteiger partial charge in [-0.3, -0.25) is 14.9 Å². The average Bonchev–Trinajstić information content (AvgIpc) is 2.97. The van der Waals surface area contributed by atoms with Gasteiger partial charge < -0.3 is 20.3 Å². The molecule has 2 aliphatic rings. The Morgan fingerprint density at radius 3 is 2.57 bits per heavy atom. The number of benzene rings is 1. The van der Waals surface area contributed by atoms with Gasteiger partial charge in [0.15, 0.2) is 0 Å². The molecule has 3 amide bonds. The number of hydrogen-bond donors (Lipinski definition) is 1. The van der Waals surface area contributed by atoms with Gasteiger partial charge in [-0.1, -0.05) is 55.9 Å². The first-order chi connectivity index (χ1) is 12.6.